The predicted molar refractivity (Wildman–Crippen MR) is 71.3 cm³/mol. The molecule has 1 saturated carbocycles. The van der Waals surface area contributed by atoms with Crippen molar-refractivity contribution in [3.05, 3.63) is 0 Å². The first-order chi connectivity index (χ1) is 7.44. The smallest absolute Gasteiger partial charge is 0.223 e. The van der Waals surface area contributed by atoms with Gasteiger partial charge in [0.05, 0.1) is 12.1 Å². The van der Waals surface area contributed by atoms with Crippen LogP contribution in [0, 0.1) is 5.92 Å². The van der Waals surface area contributed by atoms with Crippen LogP contribution in [0.25, 0.3) is 0 Å². The maximum atomic E-state index is 12.0. The number of nitrogens with two attached hydrogens (primary N) is 1. The molecule has 2 atom stereocenters. The Bertz CT molecular complexity index is 247. The van der Waals surface area contributed by atoms with Crippen LogP contribution in [0.5, 0.6) is 0 Å². The van der Waals surface area contributed by atoms with E-state index in [1.165, 1.54) is 0 Å². The topological polar surface area (TPSA) is 64.3 Å². The van der Waals surface area contributed by atoms with Crippen LogP contribution in [0.1, 0.15) is 39.5 Å². The van der Waals surface area contributed by atoms with Gasteiger partial charge in [-0.3, -0.25) is 4.79 Å². The highest BCUT2D eigenvalue weighted by molar-refractivity contribution is 5.85. The molecule has 3 N–H and O–H groups in total. The summed E-state index contributed by atoms with van der Waals surface area (Å²) in [6.07, 6.45) is 3.88. The van der Waals surface area contributed by atoms with E-state index in [4.69, 9.17) is 10.5 Å². The molecule has 0 saturated heterocycles. The van der Waals surface area contributed by atoms with E-state index in [1.807, 2.05) is 13.8 Å². The third-order valence-electron chi connectivity index (χ3n) is 3.05. The molecule has 0 aliphatic heterocycles. The molecule has 102 valence electrons. The lowest BCUT2D eigenvalue weighted by atomic mass is 9.85. The number of hydrogen-bond donors (Lipinski definition) is 2. The minimum Gasteiger partial charge on any atom is -0.382 e. The Labute approximate surface area is 110 Å². The molecule has 0 spiro atoms. The molecule has 17 heavy (non-hydrogen) atoms. The number of carbonyl (C=O) groups is 1. The Morgan fingerprint density at radius 2 is 2.12 bits per heavy atom. The molecule has 0 heterocycles. The van der Waals surface area contributed by atoms with Crippen molar-refractivity contribution in [3.63, 3.8) is 0 Å². The van der Waals surface area contributed by atoms with Gasteiger partial charge in [0.15, 0.2) is 0 Å². The van der Waals surface area contributed by atoms with Gasteiger partial charge in [-0.05, 0) is 33.1 Å². The van der Waals surface area contributed by atoms with Gasteiger partial charge in [0.25, 0.3) is 0 Å². The van der Waals surface area contributed by atoms with E-state index in [1.54, 1.807) is 7.11 Å². The van der Waals surface area contributed by atoms with Gasteiger partial charge in [-0.2, -0.15) is 0 Å². The van der Waals surface area contributed by atoms with Crippen LogP contribution in [0.3, 0.4) is 0 Å². The number of ether oxygens (including phenoxy) is 1. The van der Waals surface area contributed by atoms with E-state index in [0.29, 0.717) is 6.61 Å². The van der Waals surface area contributed by atoms with Crippen molar-refractivity contribution in [1.29, 1.82) is 0 Å². The lowest BCUT2D eigenvalue weighted by molar-refractivity contribution is -0.128. The maximum absolute atomic E-state index is 12.0. The van der Waals surface area contributed by atoms with Crippen LogP contribution in [0.2, 0.25) is 0 Å². The summed E-state index contributed by atoms with van der Waals surface area (Å²) < 4.78 is 5.08. The number of halogens is 1. The lowest BCUT2D eigenvalue weighted by Gasteiger charge is -2.31. The summed E-state index contributed by atoms with van der Waals surface area (Å²) in [5, 5.41) is 3.03. The molecule has 1 fully saturated rings. The quantitative estimate of drug-likeness (QED) is 0.808. The molecule has 1 aliphatic carbocycles. The highest BCUT2D eigenvalue weighted by Crippen LogP contribution is 2.23. The van der Waals surface area contributed by atoms with E-state index in [0.717, 1.165) is 25.7 Å². The van der Waals surface area contributed by atoms with Crippen molar-refractivity contribution in [3.8, 4) is 0 Å². The number of amides is 1. The van der Waals surface area contributed by atoms with Crippen molar-refractivity contribution in [2.75, 3.05) is 13.7 Å². The highest BCUT2D eigenvalue weighted by atomic mass is 35.5. The van der Waals surface area contributed by atoms with Crippen LogP contribution in [0.15, 0.2) is 0 Å². The Hall–Kier alpha value is -0.320. The van der Waals surface area contributed by atoms with Gasteiger partial charge in [-0.1, -0.05) is 6.42 Å². The van der Waals surface area contributed by atoms with Crippen molar-refractivity contribution in [1.82, 2.24) is 5.32 Å². The maximum Gasteiger partial charge on any atom is 0.223 e. The first kappa shape index (κ1) is 16.7. The average molecular weight is 265 g/mol. The van der Waals surface area contributed by atoms with Gasteiger partial charge in [-0.15, -0.1) is 12.4 Å². The van der Waals surface area contributed by atoms with Gasteiger partial charge in [0, 0.05) is 19.1 Å². The summed E-state index contributed by atoms with van der Waals surface area (Å²) in [6, 6.07) is 0.190. The minimum atomic E-state index is -0.298. The molecule has 0 aromatic heterocycles. The zero-order valence-electron chi connectivity index (χ0n) is 11.0. The van der Waals surface area contributed by atoms with Crippen LogP contribution in [0.4, 0.5) is 0 Å². The fraction of sp³-hybridized carbons (Fsp3) is 0.917. The predicted octanol–water partition coefficient (Wildman–Crippen LogP) is 1.47. The summed E-state index contributed by atoms with van der Waals surface area (Å²) >= 11 is 0. The fourth-order valence-corrected chi connectivity index (χ4v) is 2.30. The zero-order valence-corrected chi connectivity index (χ0v) is 11.8. The summed E-state index contributed by atoms with van der Waals surface area (Å²) in [5.74, 6) is 0.206. The standard InChI is InChI=1S/C12H24N2O2.ClH/c1-12(2,8-16-3)14-11(15)9-5-4-6-10(13)7-9;/h9-10H,4-8,13H2,1-3H3,(H,14,15);1H. The Morgan fingerprint density at radius 3 is 2.65 bits per heavy atom. The van der Waals surface area contributed by atoms with Crippen LogP contribution >= 0.6 is 12.4 Å². The second-order valence-electron chi connectivity index (χ2n) is 5.43. The summed E-state index contributed by atoms with van der Waals surface area (Å²) in [7, 11) is 1.64. The normalized spacial score (nSPS) is 24.9. The SMILES string of the molecule is COCC(C)(C)NC(=O)C1CCCC(N)C1.Cl. The molecular formula is C12H25ClN2O2. The molecule has 2 unspecified atom stereocenters. The lowest BCUT2D eigenvalue weighted by Crippen LogP contribution is -2.50. The van der Waals surface area contributed by atoms with Gasteiger partial charge < -0.3 is 15.8 Å². The largest absolute Gasteiger partial charge is 0.382 e. The first-order valence-corrected chi connectivity index (χ1v) is 6.01. The van der Waals surface area contributed by atoms with Gasteiger partial charge in [-0.25, -0.2) is 0 Å². The summed E-state index contributed by atoms with van der Waals surface area (Å²) in [5.41, 5.74) is 5.58. The molecule has 1 rings (SSSR count). The van der Waals surface area contributed by atoms with Gasteiger partial charge >= 0.3 is 0 Å². The zero-order chi connectivity index (χ0) is 12.2. The van der Waals surface area contributed by atoms with Crippen LogP contribution < -0.4 is 11.1 Å². The number of methoxy groups -OCH3 is 1. The van der Waals surface area contributed by atoms with Crippen molar-refractivity contribution >= 4 is 18.3 Å². The van der Waals surface area contributed by atoms with E-state index in [2.05, 4.69) is 5.32 Å². The Kier molecular flexibility index (Phi) is 7.05. The molecular weight excluding hydrogens is 240 g/mol. The second-order valence-corrected chi connectivity index (χ2v) is 5.43. The number of rotatable bonds is 4. The number of carbonyl (C=O) groups excluding carboxylic acids is 1. The van der Waals surface area contributed by atoms with Crippen molar-refractivity contribution in [2.45, 2.75) is 51.1 Å². The van der Waals surface area contributed by atoms with E-state index in [9.17, 15) is 4.79 Å². The Balaban J connectivity index is 0.00000256. The molecule has 4 nitrogen and oxygen atoms in total. The highest BCUT2D eigenvalue weighted by Gasteiger charge is 2.29. The fourth-order valence-electron chi connectivity index (χ4n) is 2.30. The van der Waals surface area contributed by atoms with E-state index in [-0.39, 0.29) is 35.8 Å². The minimum absolute atomic E-state index is 0. The average Bonchev–Trinajstić information content (AvgIpc) is 2.16. The van der Waals surface area contributed by atoms with Gasteiger partial charge in [0.2, 0.25) is 5.91 Å². The number of hydrogen-bond acceptors (Lipinski definition) is 3. The third-order valence-corrected chi connectivity index (χ3v) is 3.05. The third kappa shape index (κ3) is 5.70. The van der Waals surface area contributed by atoms with Gasteiger partial charge in [0.1, 0.15) is 0 Å². The molecule has 1 amide bonds. The monoisotopic (exact) mass is 264 g/mol. The summed E-state index contributed by atoms with van der Waals surface area (Å²) in [4.78, 5) is 12.0. The first-order valence-electron chi connectivity index (χ1n) is 6.01. The van der Waals surface area contributed by atoms with E-state index >= 15 is 0 Å². The second kappa shape index (κ2) is 7.19. The number of nitrogens with one attached hydrogen (secondary N) is 1. The van der Waals surface area contributed by atoms with Crippen molar-refractivity contribution in [2.24, 2.45) is 11.7 Å². The van der Waals surface area contributed by atoms with E-state index < -0.39 is 0 Å². The molecule has 0 bridgehead atoms. The van der Waals surface area contributed by atoms with Crippen LogP contribution in [-0.2, 0) is 9.53 Å². The molecule has 0 aromatic carbocycles. The molecule has 0 radical (unpaired) electrons. The molecule has 5 heteroatoms. The van der Waals surface area contributed by atoms with Crippen molar-refractivity contribution < 1.29 is 9.53 Å². The molecule has 0 aromatic rings. The Morgan fingerprint density at radius 1 is 1.47 bits per heavy atom. The van der Waals surface area contributed by atoms with Crippen LogP contribution in [-0.4, -0.2) is 31.2 Å². The molecule has 1 aliphatic rings. The summed E-state index contributed by atoms with van der Waals surface area (Å²) in [6.45, 7) is 4.46.